The summed E-state index contributed by atoms with van der Waals surface area (Å²) in [6.45, 7) is 8.33. The number of rotatable bonds is 6. The van der Waals surface area contributed by atoms with Crippen molar-refractivity contribution in [3.63, 3.8) is 0 Å². The summed E-state index contributed by atoms with van der Waals surface area (Å²) in [5.41, 5.74) is 4.32. The van der Waals surface area contributed by atoms with Crippen LogP contribution in [0.4, 0.5) is 0 Å². The SMILES string of the molecule is CCCNCCc1c(C)nc(-c2cncn2C)nc1C. The molecule has 5 heteroatoms. The van der Waals surface area contributed by atoms with Crippen molar-refractivity contribution in [3.8, 4) is 11.5 Å². The van der Waals surface area contributed by atoms with Gasteiger partial charge in [-0.1, -0.05) is 6.92 Å². The van der Waals surface area contributed by atoms with Gasteiger partial charge in [0.1, 0.15) is 5.69 Å². The summed E-state index contributed by atoms with van der Waals surface area (Å²) >= 11 is 0. The van der Waals surface area contributed by atoms with Crippen LogP contribution in [0.1, 0.15) is 30.3 Å². The van der Waals surface area contributed by atoms with E-state index in [1.54, 1.807) is 12.5 Å². The van der Waals surface area contributed by atoms with Crippen molar-refractivity contribution in [1.82, 2.24) is 24.8 Å². The number of nitrogens with zero attached hydrogens (tertiary/aromatic N) is 4. The summed E-state index contributed by atoms with van der Waals surface area (Å²) in [6, 6.07) is 0. The van der Waals surface area contributed by atoms with Gasteiger partial charge in [-0.2, -0.15) is 0 Å². The molecule has 0 fully saturated rings. The third-order valence-corrected chi connectivity index (χ3v) is 3.45. The molecule has 0 aliphatic carbocycles. The van der Waals surface area contributed by atoms with E-state index in [2.05, 4.69) is 41.0 Å². The van der Waals surface area contributed by atoms with E-state index in [4.69, 9.17) is 0 Å². The van der Waals surface area contributed by atoms with Gasteiger partial charge < -0.3 is 9.88 Å². The Balaban J connectivity index is 2.19. The largest absolute Gasteiger partial charge is 0.331 e. The summed E-state index contributed by atoms with van der Waals surface area (Å²) < 4.78 is 1.94. The maximum Gasteiger partial charge on any atom is 0.178 e. The maximum atomic E-state index is 4.64. The van der Waals surface area contributed by atoms with E-state index in [0.717, 1.165) is 48.8 Å². The van der Waals surface area contributed by atoms with Gasteiger partial charge in [-0.05, 0) is 45.3 Å². The summed E-state index contributed by atoms with van der Waals surface area (Å²) in [5.74, 6) is 0.755. The van der Waals surface area contributed by atoms with Gasteiger partial charge in [0.2, 0.25) is 0 Å². The standard InChI is InChI=1S/C15H23N5/c1-5-7-16-8-6-13-11(2)18-15(19-12(13)3)14-9-17-10-20(14)4/h9-10,16H,5-8H2,1-4H3. The molecule has 0 saturated heterocycles. The number of nitrogens with one attached hydrogen (secondary N) is 1. The highest BCUT2D eigenvalue weighted by atomic mass is 15.1. The summed E-state index contributed by atoms with van der Waals surface area (Å²) in [7, 11) is 1.96. The fourth-order valence-electron chi connectivity index (χ4n) is 2.30. The molecule has 0 spiro atoms. The first-order valence-electron chi connectivity index (χ1n) is 7.15. The topological polar surface area (TPSA) is 55.6 Å². The van der Waals surface area contributed by atoms with E-state index < -0.39 is 0 Å². The molecule has 108 valence electrons. The predicted octanol–water partition coefficient (Wildman–Crippen LogP) is 2.04. The lowest BCUT2D eigenvalue weighted by atomic mass is 10.1. The van der Waals surface area contributed by atoms with Gasteiger partial charge >= 0.3 is 0 Å². The highest BCUT2D eigenvalue weighted by Gasteiger charge is 2.11. The second-order valence-electron chi connectivity index (χ2n) is 5.09. The molecular weight excluding hydrogens is 250 g/mol. The van der Waals surface area contributed by atoms with Crippen LogP contribution in [0.25, 0.3) is 11.5 Å². The van der Waals surface area contributed by atoms with E-state index in [9.17, 15) is 0 Å². The van der Waals surface area contributed by atoms with Crippen LogP contribution in [0.3, 0.4) is 0 Å². The summed E-state index contributed by atoms with van der Waals surface area (Å²) in [5, 5.41) is 3.42. The van der Waals surface area contributed by atoms with Crippen LogP contribution < -0.4 is 5.32 Å². The number of aromatic nitrogens is 4. The van der Waals surface area contributed by atoms with Crippen LogP contribution in [0.2, 0.25) is 0 Å². The molecule has 0 aliphatic rings. The van der Waals surface area contributed by atoms with Crippen molar-refractivity contribution in [2.45, 2.75) is 33.6 Å². The van der Waals surface area contributed by atoms with E-state index in [1.165, 1.54) is 5.56 Å². The number of imidazole rings is 1. The molecule has 20 heavy (non-hydrogen) atoms. The minimum Gasteiger partial charge on any atom is -0.331 e. The van der Waals surface area contributed by atoms with Crippen LogP contribution >= 0.6 is 0 Å². The molecule has 2 aromatic heterocycles. The predicted molar refractivity (Wildman–Crippen MR) is 80.6 cm³/mol. The molecule has 0 bridgehead atoms. The summed E-state index contributed by atoms with van der Waals surface area (Å²) in [6.07, 6.45) is 5.71. The Labute approximate surface area is 120 Å². The minimum atomic E-state index is 0.755. The molecule has 0 radical (unpaired) electrons. The van der Waals surface area contributed by atoms with Crippen molar-refractivity contribution in [1.29, 1.82) is 0 Å². The molecule has 2 heterocycles. The quantitative estimate of drug-likeness (QED) is 0.818. The third-order valence-electron chi connectivity index (χ3n) is 3.45. The highest BCUT2D eigenvalue weighted by Crippen LogP contribution is 2.18. The zero-order chi connectivity index (χ0) is 14.5. The zero-order valence-corrected chi connectivity index (χ0v) is 12.8. The van der Waals surface area contributed by atoms with Crippen molar-refractivity contribution < 1.29 is 0 Å². The van der Waals surface area contributed by atoms with Crippen LogP contribution in [0, 0.1) is 13.8 Å². The molecule has 5 nitrogen and oxygen atoms in total. The Hall–Kier alpha value is -1.75. The van der Waals surface area contributed by atoms with E-state index >= 15 is 0 Å². The maximum absolute atomic E-state index is 4.64. The number of aryl methyl sites for hydroxylation is 3. The molecule has 0 atom stereocenters. The van der Waals surface area contributed by atoms with E-state index in [0.29, 0.717) is 0 Å². The Morgan fingerprint density at radius 3 is 2.40 bits per heavy atom. The first-order chi connectivity index (χ1) is 9.63. The summed E-state index contributed by atoms with van der Waals surface area (Å²) in [4.78, 5) is 13.4. The normalized spacial score (nSPS) is 11.0. The lowest BCUT2D eigenvalue weighted by Gasteiger charge is -2.11. The van der Waals surface area contributed by atoms with Gasteiger partial charge in [0.05, 0.1) is 12.5 Å². The van der Waals surface area contributed by atoms with Gasteiger partial charge in [-0.3, -0.25) is 0 Å². The first kappa shape index (κ1) is 14.7. The van der Waals surface area contributed by atoms with Crippen molar-refractivity contribution in [2.75, 3.05) is 13.1 Å². The second kappa shape index (κ2) is 6.61. The fourth-order valence-corrected chi connectivity index (χ4v) is 2.30. The third kappa shape index (κ3) is 3.22. The van der Waals surface area contributed by atoms with E-state index in [1.807, 2.05) is 11.6 Å². The van der Waals surface area contributed by atoms with Crippen molar-refractivity contribution in [2.24, 2.45) is 7.05 Å². The van der Waals surface area contributed by atoms with Gasteiger partial charge in [0.15, 0.2) is 5.82 Å². The Morgan fingerprint density at radius 1 is 1.15 bits per heavy atom. The lowest BCUT2D eigenvalue weighted by molar-refractivity contribution is 0.666. The molecule has 1 N–H and O–H groups in total. The van der Waals surface area contributed by atoms with Crippen LogP contribution in [0.5, 0.6) is 0 Å². The Kier molecular flexibility index (Phi) is 4.84. The van der Waals surface area contributed by atoms with Crippen molar-refractivity contribution >= 4 is 0 Å². The van der Waals surface area contributed by atoms with Gasteiger partial charge in [-0.15, -0.1) is 0 Å². The Morgan fingerprint density at radius 2 is 1.85 bits per heavy atom. The minimum absolute atomic E-state index is 0.755. The molecule has 0 saturated carbocycles. The molecule has 0 amide bonds. The molecule has 0 aliphatic heterocycles. The molecule has 0 unspecified atom stereocenters. The Bertz CT molecular complexity index is 550. The number of hydrogen-bond donors (Lipinski definition) is 1. The molecule has 0 aromatic carbocycles. The molecule has 2 aromatic rings. The smallest absolute Gasteiger partial charge is 0.178 e. The van der Waals surface area contributed by atoms with Gasteiger partial charge in [0, 0.05) is 18.4 Å². The van der Waals surface area contributed by atoms with Crippen LogP contribution in [-0.4, -0.2) is 32.6 Å². The van der Waals surface area contributed by atoms with Gasteiger partial charge in [-0.25, -0.2) is 15.0 Å². The van der Waals surface area contributed by atoms with E-state index in [-0.39, 0.29) is 0 Å². The highest BCUT2D eigenvalue weighted by molar-refractivity contribution is 5.50. The van der Waals surface area contributed by atoms with Crippen LogP contribution in [-0.2, 0) is 13.5 Å². The van der Waals surface area contributed by atoms with Crippen LogP contribution in [0.15, 0.2) is 12.5 Å². The second-order valence-corrected chi connectivity index (χ2v) is 5.09. The zero-order valence-electron chi connectivity index (χ0n) is 12.8. The number of hydrogen-bond acceptors (Lipinski definition) is 4. The average Bonchev–Trinajstić information content (AvgIpc) is 2.83. The monoisotopic (exact) mass is 273 g/mol. The average molecular weight is 273 g/mol. The lowest BCUT2D eigenvalue weighted by Crippen LogP contribution is -2.19. The molecular formula is C15H23N5. The van der Waals surface area contributed by atoms with Gasteiger partial charge in [0.25, 0.3) is 0 Å². The molecule has 2 rings (SSSR count). The van der Waals surface area contributed by atoms with Crippen molar-refractivity contribution in [3.05, 3.63) is 29.5 Å². The first-order valence-corrected chi connectivity index (χ1v) is 7.15. The fraction of sp³-hybridized carbons (Fsp3) is 0.533.